The number of nitrogens with two attached hydrogens (primary N) is 1. The van der Waals surface area contributed by atoms with E-state index in [1.165, 1.54) is 30.4 Å². The first kappa shape index (κ1) is 11.6. The molecule has 0 heterocycles. The fourth-order valence-electron chi connectivity index (χ4n) is 2.07. The normalized spacial score (nSPS) is 20.2. The highest BCUT2D eigenvalue weighted by molar-refractivity contribution is 5.25. The molecule has 0 amide bonds. The van der Waals surface area contributed by atoms with Gasteiger partial charge in [0.2, 0.25) is 0 Å². The Kier molecular flexibility index (Phi) is 3.62. The van der Waals surface area contributed by atoms with Crippen molar-refractivity contribution in [1.82, 2.24) is 0 Å². The van der Waals surface area contributed by atoms with Crippen molar-refractivity contribution in [2.45, 2.75) is 51.4 Å². The molecule has 16 heavy (non-hydrogen) atoms. The minimum Gasteiger partial charge on any atom is -0.369 e. The molecule has 2 nitrogen and oxygen atoms in total. The average Bonchev–Trinajstić information content (AvgIpc) is 2.15. The lowest BCUT2D eigenvalue weighted by Gasteiger charge is -2.32. The molecule has 2 rings (SSSR count). The van der Waals surface area contributed by atoms with Gasteiger partial charge < -0.3 is 10.5 Å². The number of benzene rings is 1. The third-order valence-corrected chi connectivity index (χ3v) is 3.24. The molecule has 2 N–H and O–H groups in total. The molecule has 2 atom stereocenters. The van der Waals surface area contributed by atoms with E-state index in [0.29, 0.717) is 6.10 Å². The van der Waals surface area contributed by atoms with Crippen LogP contribution in [0.5, 0.6) is 0 Å². The first-order valence-electron chi connectivity index (χ1n) is 6.14. The summed E-state index contributed by atoms with van der Waals surface area (Å²) in [6.45, 7) is 4.12. The predicted octanol–water partition coefficient (Wildman–Crippen LogP) is 2.95. The second-order valence-corrected chi connectivity index (χ2v) is 4.88. The summed E-state index contributed by atoms with van der Waals surface area (Å²) in [7, 11) is 0. The van der Waals surface area contributed by atoms with Gasteiger partial charge in [0.25, 0.3) is 0 Å². The maximum absolute atomic E-state index is 6.06. The average molecular weight is 219 g/mol. The van der Waals surface area contributed by atoms with Gasteiger partial charge in [0, 0.05) is 6.04 Å². The zero-order valence-electron chi connectivity index (χ0n) is 10.1. The smallest absolute Gasteiger partial charge is 0.0976 e. The first-order chi connectivity index (χ1) is 7.66. The van der Waals surface area contributed by atoms with Crippen LogP contribution in [0.15, 0.2) is 24.3 Å². The second-order valence-electron chi connectivity index (χ2n) is 4.88. The Hall–Kier alpha value is -0.860. The standard InChI is InChI=1S/C14H21NO/c1-10-5-3-6-12(9-10)14(11(2)15)16-13-7-4-8-13/h3,5-6,9,11,13-14H,4,7-8,15H2,1-2H3. The van der Waals surface area contributed by atoms with Crippen LogP contribution in [-0.4, -0.2) is 12.1 Å². The van der Waals surface area contributed by atoms with Crippen molar-refractivity contribution in [3.63, 3.8) is 0 Å². The quantitative estimate of drug-likeness (QED) is 0.845. The molecule has 0 bridgehead atoms. The van der Waals surface area contributed by atoms with Crippen molar-refractivity contribution in [2.24, 2.45) is 5.73 Å². The van der Waals surface area contributed by atoms with E-state index >= 15 is 0 Å². The summed E-state index contributed by atoms with van der Waals surface area (Å²) in [5.74, 6) is 0. The summed E-state index contributed by atoms with van der Waals surface area (Å²) in [5, 5.41) is 0. The monoisotopic (exact) mass is 219 g/mol. The SMILES string of the molecule is Cc1cccc(C(OC2CCC2)C(C)N)c1. The van der Waals surface area contributed by atoms with Crippen LogP contribution >= 0.6 is 0 Å². The summed E-state index contributed by atoms with van der Waals surface area (Å²) in [4.78, 5) is 0. The maximum Gasteiger partial charge on any atom is 0.0976 e. The summed E-state index contributed by atoms with van der Waals surface area (Å²) in [6.07, 6.45) is 4.15. The lowest BCUT2D eigenvalue weighted by molar-refractivity contribution is -0.0611. The van der Waals surface area contributed by atoms with Gasteiger partial charge in [-0.25, -0.2) is 0 Å². The number of ether oxygens (including phenoxy) is 1. The van der Waals surface area contributed by atoms with Gasteiger partial charge in [0.15, 0.2) is 0 Å². The Balaban J connectivity index is 2.11. The van der Waals surface area contributed by atoms with E-state index in [0.717, 1.165) is 0 Å². The molecule has 1 saturated carbocycles. The van der Waals surface area contributed by atoms with Crippen LogP contribution in [0.25, 0.3) is 0 Å². The van der Waals surface area contributed by atoms with Crippen LogP contribution in [0.3, 0.4) is 0 Å². The predicted molar refractivity (Wildman–Crippen MR) is 66.3 cm³/mol. The van der Waals surface area contributed by atoms with E-state index in [9.17, 15) is 0 Å². The van der Waals surface area contributed by atoms with Crippen molar-refractivity contribution < 1.29 is 4.74 Å². The number of hydrogen-bond donors (Lipinski definition) is 1. The van der Waals surface area contributed by atoms with Crippen LogP contribution in [0.4, 0.5) is 0 Å². The minimum absolute atomic E-state index is 0.0439. The molecular formula is C14H21NO. The molecule has 0 aliphatic heterocycles. The fraction of sp³-hybridized carbons (Fsp3) is 0.571. The number of hydrogen-bond acceptors (Lipinski definition) is 2. The Morgan fingerprint density at radius 2 is 2.12 bits per heavy atom. The molecule has 1 aromatic carbocycles. The highest BCUT2D eigenvalue weighted by atomic mass is 16.5. The molecule has 1 fully saturated rings. The summed E-state index contributed by atoms with van der Waals surface area (Å²) in [5.41, 5.74) is 8.50. The third-order valence-electron chi connectivity index (χ3n) is 3.24. The molecule has 1 aromatic rings. The van der Waals surface area contributed by atoms with Crippen LogP contribution in [0.2, 0.25) is 0 Å². The van der Waals surface area contributed by atoms with Crippen molar-refractivity contribution >= 4 is 0 Å². The van der Waals surface area contributed by atoms with E-state index in [1.54, 1.807) is 0 Å². The molecule has 0 spiro atoms. The van der Waals surface area contributed by atoms with Gasteiger partial charge in [-0.2, -0.15) is 0 Å². The topological polar surface area (TPSA) is 35.2 Å². The molecular weight excluding hydrogens is 198 g/mol. The van der Waals surface area contributed by atoms with Crippen LogP contribution < -0.4 is 5.73 Å². The zero-order valence-corrected chi connectivity index (χ0v) is 10.1. The third kappa shape index (κ3) is 2.63. The number of aryl methyl sites for hydroxylation is 1. The van der Waals surface area contributed by atoms with E-state index in [1.807, 2.05) is 6.92 Å². The molecule has 2 unspecified atom stereocenters. The highest BCUT2D eigenvalue weighted by Gasteiger charge is 2.25. The van der Waals surface area contributed by atoms with Gasteiger partial charge in [0.05, 0.1) is 12.2 Å². The van der Waals surface area contributed by atoms with Gasteiger partial charge in [-0.15, -0.1) is 0 Å². The molecule has 0 radical (unpaired) electrons. The molecule has 1 aliphatic carbocycles. The van der Waals surface area contributed by atoms with E-state index in [-0.39, 0.29) is 12.1 Å². The largest absolute Gasteiger partial charge is 0.369 e. The Morgan fingerprint density at radius 3 is 2.62 bits per heavy atom. The lowest BCUT2D eigenvalue weighted by Crippen LogP contribution is -2.33. The van der Waals surface area contributed by atoms with Crippen molar-refractivity contribution in [3.8, 4) is 0 Å². The Bertz CT molecular complexity index is 344. The van der Waals surface area contributed by atoms with Gasteiger partial charge in [-0.3, -0.25) is 0 Å². The van der Waals surface area contributed by atoms with Crippen LogP contribution in [-0.2, 0) is 4.74 Å². The van der Waals surface area contributed by atoms with Crippen molar-refractivity contribution in [2.75, 3.05) is 0 Å². The zero-order chi connectivity index (χ0) is 11.5. The summed E-state index contributed by atoms with van der Waals surface area (Å²) >= 11 is 0. The van der Waals surface area contributed by atoms with Gasteiger partial charge in [-0.05, 0) is 38.7 Å². The molecule has 1 aliphatic rings. The maximum atomic E-state index is 6.06. The second kappa shape index (κ2) is 4.98. The van der Waals surface area contributed by atoms with E-state index in [4.69, 9.17) is 10.5 Å². The number of rotatable bonds is 4. The van der Waals surface area contributed by atoms with Crippen LogP contribution in [0.1, 0.15) is 43.4 Å². The van der Waals surface area contributed by atoms with Crippen molar-refractivity contribution in [1.29, 1.82) is 0 Å². The lowest BCUT2D eigenvalue weighted by atomic mass is 9.94. The summed E-state index contributed by atoms with van der Waals surface area (Å²) in [6, 6.07) is 8.50. The van der Waals surface area contributed by atoms with Gasteiger partial charge in [0.1, 0.15) is 0 Å². The van der Waals surface area contributed by atoms with Gasteiger partial charge >= 0.3 is 0 Å². The highest BCUT2D eigenvalue weighted by Crippen LogP contribution is 2.30. The first-order valence-corrected chi connectivity index (χ1v) is 6.14. The molecule has 88 valence electrons. The van der Waals surface area contributed by atoms with Crippen molar-refractivity contribution in [3.05, 3.63) is 35.4 Å². The molecule has 2 heteroatoms. The van der Waals surface area contributed by atoms with E-state index in [2.05, 4.69) is 31.2 Å². The Labute approximate surface area is 97.8 Å². The van der Waals surface area contributed by atoms with E-state index < -0.39 is 0 Å². The van der Waals surface area contributed by atoms with Gasteiger partial charge in [-0.1, -0.05) is 29.8 Å². The van der Waals surface area contributed by atoms with Crippen LogP contribution in [0, 0.1) is 6.92 Å². The fourth-order valence-corrected chi connectivity index (χ4v) is 2.07. The Morgan fingerprint density at radius 1 is 1.38 bits per heavy atom. The molecule has 0 saturated heterocycles. The minimum atomic E-state index is 0.0439. The summed E-state index contributed by atoms with van der Waals surface area (Å²) < 4.78 is 6.06. The molecule has 0 aromatic heterocycles.